The number of amides is 2. The fourth-order valence-electron chi connectivity index (χ4n) is 3.42. The maximum atomic E-state index is 13.0. The predicted molar refractivity (Wildman–Crippen MR) is 125 cm³/mol. The molecule has 0 bridgehead atoms. The number of rotatable bonds is 8. The summed E-state index contributed by atoms with van der Waals surface area (Å²) in [7, 11) is 1.63. The molecule has 7 heteroatoms. The number of methoxy groups -OCH3 is 1. The van der Waals surface area contributed by atoms with E-state index in [9.17, 15) is 9.59 Å². The minimum Gasteiger partial charge on any atom is -0.497 e. The van der Waals surface area contributed by atoms with Crippen LogP contribution in [0.1, 0.15) is 31.9 Å². The lowest BCUT2D eigenvalue weighted by Gasteiger charge is -2.23. The lowest BCUT2D eigenvalue weighted by Crippen LogP contribution is -2.49. The fourth-order valence-corrected chi connectivity index (χ4v) is 3.42. The van der Waals surface area contributed by atoms with Gasteiger partial charge < -0.3 is 25.1 Å². The molecule has 32 heavy (non-hydrogen) atoms. The van der Waals surface area contributed by atoms with Gasteiger partial charge in [0, 0.05) is 30.1 Å². The van der Waals surface area contributed by atoms with Crippen molar-refractivity contribution in [3.63, 3.8) is 0 Å². The molecule has 0 radical (unpaired) electrons. The summed E-state index contributed by atoms with van der Waals surface area (Å²) < 4.78 is 10.5. The molecule has 1 heterocycles. The second kappa shape index (κ2) is 10.2. The molecule has 7 nitrogen and oxygen atoms in total. The zero-order valence-corrected chi connectivity index (χ0v) is 19.0. The molecule has 0 aliphatic carbocycles. The number of carbonyl (C=O) groups excluding carboxylic acids is 2. The Bertz CT molecular complexity index is 1050. The van der Waals surface area contributed by atoms with E-state index in [0.717, 1.165) is 27.8 Å². The summed E-state index contributed by atoms with van der Waals surface area (Å²) >= 11 is 0. The summed E-state index contributed by atoms with van der Waals surface area (Å²) in [5.74, 6) is 0.535. The second-order valence-electron chi connectivity index (χ2n) is 8.65. The molecule has 170 valence electrons. The van der Waals surface area contributed by atoms with Gasteiger partial charge in [0.15, 0.2) is 0 Å². The number of aromatic nitrogens is 1. The molecular formula is C25H31N3O4. The fraction of sp³-hybridized carbons (Fsp3) is 0.360. The van der Waals surface area contributed by atoms with Crippen LogP contribution in [0.15, 0.2) is 54.7 Å². The van der Waals surface area contributed by atoms with Crippen LogP contribution in [0.2, 0.25) is 0 Å². The lowest BCUT2D eigenvalue weighted by molar-refractivity contribution is -0.123. The maximum Gasteiger partial charge on any atom is 0.408 e. The minimum atomic E-state index is -0.764. The van der Waals surface area contributed by atoms with Crippen LogP contribution < -0.4 is 15.4 Å². The molecule has 1 atom stereocenters. The summed E-state index contributed by atoms with van der Waals surface area (Å²) in [6.45, 7) is 5.81. The number of fused-ring (bicyclic) bond motifs is 1. The Hall–Kier alpha value is -3.48. The Labute approximate surface area is 188 Å². The van der Waals surface area contributed by atoms with Crippen LogP contribution >= 0.6 is 0 Å². The van der Waals surface area contributed by atoms with Crippen molar-refractivity contribution in [1.29, 1.82) is 0 Å². The number of aromatic amines is 1. The second-order valence-corrected chi connectivity index (χ2v) is 8.65. The Morgan fingerprint density at radius 1 is 1.06 bits per heavy atom. The molecule has 0 unspecified atom stereocenters. The predicted octanol–water partition coefficient (Wildman–Crippen LogP) is 3.97. The van der Waals surface area contributed by atoms with Crippen LogP contribution in [0.3, 0.4) is 0 Å². The van der Waals surface area contributed by atoms with Gasteiger partial charge in [0.1, 0.15) is 17.4 Å². The number of hydrogen-bond donors (Lipinski definition) is 3. The molecule has 0 saturated heterocycles. The number of ether oxygens (including phenoxy) is 2. The highest BCUT2D eigenvalue weighted by Crippen LogP contribution is 2.19. The van der Waals surface area contributed by atoms with Gasteiger partial charge in [-0.3, -0.25) is 4.79 Å². The molecule has 0 aliphatic heterocycles. The third kappa shape index (κ3) is 6.51. The highest BCUT2D eigenvalue weighted by Gasteiger charge is 2.25. The van der Waals surface area contributed by atoms with Gasteiger partial charge in [-0.15, -0.1) is 0 Å². The first-order valence-corrected chi connectivity index (χ1v) is 10.7. The van der Waals surface area contributed by atoms with E-state index in [0.29, 0.717) is 19.4 Å². The quantitative estimate of drug-likeness (QED) is 0.497. The van der Waals surface area contributed by atoms with Crippen molar-refractivity contribution in [3.8, 4) is 5.75 Å². The van der Waals surface area contributed by atoms with E-state index in [1.807, 2.05) is 54.7 Å². The first-order valence-electron chi connectivity index (χ1n) is 10.7. The van der Waals surface area contributed by atoms with Crippen molar-refractivity contribution in [3.05, 3.63) is 65.9 Å². The third-order valence-electron chi connectivity index (χ3n) is 4.98. The minimum absolute atomic E-state index is 0.255. The van der Waals surface area contributed by atoms with Gasteiger partial charge >= 0.3 is 6.09 Å². The Kier molecular flexibility index (Phi) is 7.41. The van der Waals surface area contributed by atoms with Crippen molar-refractivity contribution in [2.24, 2.45) is 0 Å². The Balaban J connectivity index is 1.67. The summed E-state index contributed by atoms with van der Waals surface area (Å²) in [6, 6.07) is 14.8. The molecule has 2 amide bonds. The molecule has 0 aliphatic rings. The van der Waals surface area contributed by atoms with E-state index >= 15 is 0 Å². The molecule has 3 rings (SSSR count). The van der Waals surface area contributed by atoms with Crippen LogP contribution in [0, 0.1) is 0 Å². The zero-order chi connectivity index (χ0) is 23.1. The van der Waals surface area contributed by atoms with E-state index in [1.165, 1.54) is 0 Å². The molecule has 0 fully saturated rings. The number of H-pyrrole nitrogens is 1. The summed E-state index contributed by atoms with van der Waals surface area (Å²) in [5, 5.41) is 6.70. The number of carbonyl (C=O) groups is 2. The number of hydrogen-bond acceptors (Lipinski definition) is 4. The largest absolute Gasteiger partial charge is 0.497 e. The summed E-state index contributed by atoms with van der Waals surface area (Å²) in [4.78, 5) is 28.6. The zero-order valence-electron chi connectivity index (χ0n) is 19.0. The smallest absolute Gasteiger partial charge is 0.408 e. The number of nitrogens with one attached hydrogen (secondary N) is 3. The first-order chi connectivity index (χ1) is 15.2. The van der Waals surface area contributed by atoms with Gasteiger partial charge in [-0.05, 0) is 56.5 Å². The number of benzene rings is 2. The number of para-hydroxylation sites is 1. The highest BCUT2D eigenvalue weighted by molar-refractivity contribution is 5.88. The number of alkyl carbamates (subject to hydrolysis) is 1. The van der Waals surface area contributed by atoms with Crippen molar-refractivity contribution < 1.29 is 19.1 Å². The van der Waals surface area contributed by atoms with Crippen LogP contribution in [0.25, 0.3) is 10.9 Å². The molecule has 2 aromatic carbocycles. The maximum absolute atomic E-state index is 13.0. The van der Waals surface area contributed by atoms with Gasteiger partial charge in [0.05, 0.1) is 7.11 Å². The molecule has 1 aromatic heterocycles. The van der Waals surface area contributed by atoms with Crippen LogP contribution in [0.5, 0.6) is 5.75 Å². The SMILES string of the molecule is COc1ccc(CCNC(=O)[C@@H](Cc2c[nH]c3ccccc23)NC(=O)OC(C)(C)C)cc1. The summed E-state index contributed by atoms with van der Waals surface area (Å²) in [5.41, 5.74) is 2.37. The monoisotopic (exact) mass is 437 g/mol. The Morgan fingerprint density at radius 2 is 1.78 bits per heavy atom. The van der Waals surface area contributed by atoms with Gasteiger partial charge in [0.2, 0.25) is 5.91 Å². The molecule has 0 saturated carbocycles. The van der Waals surface area contributed by atoms with Crippen molar-refractivity contribution in [2.75, 3.05) is 13.7 Å². The molecule has 0 spiro atoms. The van der Waals surface area contributed by atoms with E-state index in [4.69, 9.17) is 9.47 Å². The van der Waals surface area contributed by atoms with Crippen molar-refractivity contribution in [2.45, 2.75) is 45.3 Å². The average Bonchev–Trinajstić information content (AvgIpc) is 3.15. The van der Waals surface area contributed by atoms with Crippen molar-refractivity contribution >= 4 is 22.9 Å². The average molecular weight is 438 g/mol. The van der Waals surface area contributed by atoms with E-state index < -0.39 is 17.7 Å². The van der Waals surface area contributed by atoms with Crippen LogP contribution in [-0.2, 0) is 22.4 Å². The van der Waals surface area contributed by atoms with E-state index in [1.54, 1.807) is 27.9 Å². The first kappa shape index (κ1) is 23.2. The van der Waals surface area contributed by atoms with E-state index in [-0.39, 0.29) is 5.91 Å². The van der Waals surface area contributed by atoms with Crippen LogP contribution in [-0.4, -0.2) is 42.3 Å². The van der Waals surface area contributed by atoms with E-state index in [2.05, 4.69) is 15.6 Å². The standard InChI is InChI=1S/C25H31N3O4/c1-25(2,3)32-24(30)28-22(15-18-16-27-21-8-6-5-7-20(18)21)23(29)26-14-13-17-9-11-19(31-4)12-10-17/h5-12,16,22,27H,13-15H2,1-4H3,(H,26,29)(H,28,30)/t22-/m1/s1. The van der Waals surface area contributed by atoms with Gasteiger partial charge in [0.25, 0.3) is 0 Å². The van der Waals surface area contributed by atoms with Gasteiger partial charge in [-0.2, -0.15) is 0 Å². The molecule has 3 N–H and O–H groups in total. The van der Waals surface area contributed by atoms with Gasteiger partial charge in [-0.1, -0.05) is 30.3 Å². The normalized spacial score (nSPS) is 12.2. The Morgan fingerprint density at radius 3 is 2.47 bits per heavy atom. The third-order valence-corrected chi connectivity index (χ3v) is 4.98. The topological polar surface area (TPSA) is 92.5 Å². The lowest BCUT2D eigenvalue weighted by atomic mass is 10.0. The van der Waals surface area contributed by atoms with Gasteiger partial charge in [-0.25, -0.2) is 4.79 Å². The highest BCUT2D eigenvalue weighted by atomic mass is 16.6. The van der Waals surface area contributed by atoms with Crippen molar-refractivity contribution in [1.82, 2.24) is 15.6 Å². The summed E-state index contributed by atoms with van der Waals surface area (Å²) in [6.07, 6.45) is 2.27. The van der Waals surface area contributed by atoms with Crippen LogP contribution in [0.4, 0.5) is 4.79 Å². The molecule has 3 aromatic rings. The molecular weight excluding hydrogens is 406 g/mol.